The van der Waals surface area contributed by atoms with Crippen molar-refractivity contribution in [2.75, 3.05) is 30.8 Å². The molecule has 0 saturated heterocycles. The lowest BCUT2D eigenvalue weighted by Gasteiger charge is -2.19. The maximum Gasteiger partial charge on any atom is 0.407 e. The van der Waals surface area contributed by atoms with Gasteiger partial charge in [0.15, 0.2) is 11.2 Å². The van der Waals surface area contributed by atoms with Gasteiger partial charge in [-0.25, -0.2) is 24.6 Å². The number of oxazole rings is 2. The molecule has 0 aliphatic carbocycles. The Balaban J connectivity index is 0.877. The van der Waals surface area contributed by atoms with Gasteiger partial charge in [-0.1, -0.05) is 36.4 Å². The minimum absolute atomic E-state index is 0.154. The van der Waals surface area contributed by atoms with E-state index in [0.29, 0.717) is 53.3 Å². The number of carbonyl (C=O) groups is 1. The smallest absolute Gasteiger partial charge is 0.407 e. The van der Waals surface area contributed by atoms with Crippen LogP contribution in [-0.4, -0.2) is 52.4 Å². The molecule has 7 rings (SSSR count). The topological polar surface area (TPSA) is 171 Å². The molecule has 0 unspecified atom stereocenters. The number of aromatic nitrogens is 4. The molecule has 0 saturated carbocycles. The van der Waals surface area contributed by atoms with Crippen LogP contribution in [0.4, 0.5) is 22.1 Å². The average Bonchev–Trinajstić information content (AvgIpc) is 3.86. The summed E-state index contributed by atoms with van der Waals surface area (Å²) in [7, 11) is 1.88. The number of nitrogens with zero attached hydrogens (tertiary/aromatic N) is 7. The Morgan fingerprint density at radius 2 is 1.84 bits per heavy atom. The first-order chi connectivity index (χ1) is 23.9. The van der Waals surface area contributed by atoms with E-state index in [4.69, 9.17) is 30.6 Å². The van der Waals surface area contributed by atoms with Crippen molar-refractivity contribution in [3.63, 3.8) is 0 Å². The molecule has 14 nitrogen and oxygen atoms in total. The number of aliphatic imine (C=N–C) groups is 1. The molecule has 49 heavy (non-hydrogen) atoms. The van der Waals surface area contributed by atoms with Gasteiger partial charge in [0, 0.05) is 44.1 Å². The Morgan fingerprint density at radius 1 is 1.02 bits per heavy atom. The predicted octanol–water partition coefficient (Wildman–Crippen LogP) is 5.96. The van der Waals surface area contributed by atoms with Crippen molar-refractivity contribution in [1.82, 2.24) is 25.3 Å². The van der Waals surface area contributed by atoms with E-state index >= 15 is 0 Å². The van der Waals surface area contributed by atoms with Gasteiger partial charge in [0.05, 0.1) is 18.8 Å². The van der Waals surface area contributed by atoms with Crippen LogP contribution in [0.3, 0.4) is 0 Å². The highest BCUT2D eigenvalue weighted by Gasteiger charge is 2.18. The fraction of sp³-hybridized carbons (Fsp3) is 0.171. The van der Waals surface area contributed by atoms with Gasteiger partial charge in [0.1, 0.15) is 29.9 Å². The number of hydrogen-bond donors (Lipinski definition) is 2. The van der Waals surface area contributed by atoms with Gasteiger partial charge >= 0.3 is 6.09 Å². The number of hydrogen-bond acceptors (Lipinski definition) is 12. The molecule has 4 heterocycles. The van der Waals surface area contributed by atoms with E-state index in [1.807, 2.05) is 72.6 Å². The number of fused-ring (bicyclic) bond motifs is 3. The van der Waals surface area contributed by atoms with Crippen molar-refractivity contribution in [2.24, 2.45) is 4.99 Å². The summed E-state index contributed by atoms with van der Waals surface area (Å²) in [5, 5.41) is 2.77. The van der Waals surface area contributed by atoms with Gasteiger partial charge in [0.2, 0.25) is 23.6 Å². The summed E-state index contributed by atoms with van der Waals surface area (Å²) >= 11 is 0. The normalized spacial score (nSPS) is 12.2. The van der Waals surface area contributed by atoms with Crippen LogP contribution < -0.4 is 20.7 Å². The third-order valence-corrected chi connectivity index (χ3v) is 7.66. The van der Waals surface area contributed by atoms with Gasteiger partial charge in [0.25, 0.3) is 5.70 Å². The van der Waals surface area contributed by atoms with Crippen molar-refractivity contribution in [3.8, 4) is 5.88 Å². The molecule has 3 N–H and O–H groups in total. The van der Waals surface area contributed by atoms with E-state index in [2.05, 4.69) is 35.1 Å². The van der Waals surface area contributed by atoms with E-state index in [9.17, 15) is 4.79 Å². The van der Waals surface area contributed by atoms with Gasteiger partial charge in [-0.3, -0.25) is 4.99 Å². The maximum atomic E-state index is 12.4. The molecule has 6 aromatic rings. The Labute approximate surface area is 279 Å². The van der Waals surface area contributed by atoms with Crippen molar-refractivity contribution < 1.29 is 23.1 Å². The quantitative estimate of drug-likeness (QED) is 0.158. The number of nitrogen functional groups attached to an aromatic ring is 1. The Kier molecular flexibility index (Phi) is 8.53. The van der Waals surface area contributed by atoms with Crippen LogP contribution >= 0.6 is 0 Å². The summed E-state index contributed by atoms with van der Waals surface area (Å²) in [5.41, 5.74) is 12.4. The molecular weight excluding hydrogens is 626 g/mol. The standard InChI is InChI=1S/C35H29N9O5/c1-37-27(32-41-24-5-3-4-6-28(24)49-32)18-30-40-25-12-11-23(17-29(25)48-30)44(2)15-16-46-35(45)39-19-21-7-9-22(10-8-21)20-47-33-31-26(13-14-38-31)42-34(36)43-33/h3-12,14,17-18H,13,15-16,19-20H2,2H3,(H,39,45)(H2,36,42,43)/b27-18-. The van der Waals surface area contributed by atoms with Crippen LogP contribution in [0, 0.1) is 6.57 Å². The zero-order chi connectivity index (χ0) is 33.7. The van der Waals surface area contributed by atoms with E-state index in [1.165, 1.54) is 6.08 Å². The van der Waals surface area contributed by atoms with Crippen LogP contribution in [0.5, 0.6) is 5.88 Å². The molecule has 1 aliphatic rings. The summed E-state index contributed by atoms with van der Waals surface area (Å²) in [6.45, 7) is 8.81. The zero-order valence-corrected chi connectivity index (χ0v) is 26.3. The second kappa shape index (κ2) is 13.5. The lowest BCUT2D eigenvalue weighted by Crippen LogP contribution is -2.28. The number of anilines is 2. The second-order valence-corrected chi connectivity index (χ2v) is 11.0. The van der Waals surface area contributed by atoms with E-state index in [1.54, 1.807) is 12.3 Å². The molecule has 244 valence electrons. The number of likely N-dealkylation sites (N-methyl/N-ethyl adjacent to an activating group) is 1. The van der Waals surface area contributed by atoms with Crippen molar-refractivity contribution in [1.29, 1.82) is 0 Å². The fourth-order valence-corrected chi connectivity index (χ4v) is 5.10. The van der Waals surface area contributed by atoms with Crippen LogP contribution in [-0.2, 0) is 24.3 Å². The lowest BCUT2D eigenvalue weighted by molar-refractivity contribution is 0.148. The summed E-state index contributed by atoms with van der Waals surface area (Å²) < 4.78 is 22.9. The summed E-state index contributed by atoms with van der Waals surface area (Å²) in [6, 6.07) is 20.5. The molecule has 0 fully saturated rings. The van der Waals surface area contributed by atoms with Crippen LogP contribution in [0.25, 0.3) is 38.8 Å². The molecule has 3 aromatic carbocycles. The largest absolute Gasteiger partial charge is 0.471 e. The van der Waals surface area contributed by atoms with Crippen LogP contribution in [0.15, 0.2) is 80.6 Å². The minimum atomic E-state index is -0.520. The maximum absolute atomic E-state index is 12.4. The lowest BCUT2D eigenvalue weighted by atomic mass is 10.1. The fourth-order valence-electron chi connectivity index (χ4n) is 5.10. The molecule has 0 atom stereocenters. The molecule has 14 heteroatoms. The molecule has 0 radical (unpaired) electrons. The molecule has 0 spiro atoms. The van der Waals surface area contributed by atoms with Crippen molar-refractivity contribution >= 4 is 63.6 Å². The number of alkyl carbamates (subject to hydrolysis) is 1. The highest BCUT2D eigenvalue weighted by Crippen LogP contribution is 2.33. The van der Waals surface area contributed by atoms with Gasteiger partial charge in [-0.15, -0.1) is 0 Å². The van der Waals surface area contributed by atoms with Crippen molar-refractivity contribution in [2.45, 2.75) is 19.6 Å². The predicted molar refractivity (Wildman–Crippen MR) is 183 cm³/mol. The number of ether oxygens (including phenoxy) is 2. The number of para-hydroxylation sites is 2. The van der Waals surface area contributed by atoms with Crippen molar-refractivity contribution in [3.05, 3.63) is 107 Å². The Bertz CT molecular complexity index is 2230. The summed E-state index contributed by atoms with van der Waals surface area (Å²) in [5.74, 6) is 0.978. The number of benzene rings is 3. The summed E-state index contributed by atoms with van der Waals surface area (Å²) in [4.78, 5) is 39.4. The van der Waals surface area contributed by atoms with Gasteiger partial charge < -0.3 is 34.3 Å². The van der Waals surface area contributed by atoms with E-state index < -0.39 is 6.09 Å². The average molecular weight is 656 g/mol. The Morgan fingerprint density at radius 3 is 2.67 bits per heavy atom. The zero-order valence-electron chi connectivity index (χ0n) is 26.3. The molecular formula is C35H29N9O5. The number of amides is 1. The number of rotatable bonds is 11. The first-order valence-electron chi connectivity index (χ1n) is 15.3. The molecule has 3 aromatic heterocycles. The van der Waals surface area contributed by atoms with Gasteiger partial charge in [-0.05, 0) is 35.4 Å². The van der Waals surface area contributed by atoms with Crippen LogP contribution in [0.2, 0.25) is 0 Å². The van der Waals surface area contributed by atoms with Crippen LogP contribution in [0.1, 0.15) is 28.6 Å². The third kappa shape index (κ3) is 7.00. The van der Waals surface area contributed by atoms with E-state index in [0.717, 1.165) is 22.5 Å². The first kappa shape index (κ1) is 30.9. The Hall–Kier alpha value is -6.75. The molecule has 1 aliphatic heterocycles. The number of carbonyl (C=O) groups excluding carboxylic acids is 1. The third-order valence-electron chi connectivity index (χ3n) is 7.66. The molecule has 0 bridgehead atoms. The highest BCUT2D eigenvalue weighted by molar-refractivity contribution is 5.86. The monoisotopic (exact) mass is 655 g/mol. The molecule has 1 amide bonds. The summed E-state index contributed by atoms with van der Waals surface area (Å²) in [6.07, 6.45) is 3.35. The highest BCUT2D eigenvalue weighted by atomic mass is 16.5. The van der Waals surface area contributed by atoms with E-state index in [-0.39, 0.29) is 36.6 Å². The SMILES string of the molecule is [C-]#[N+]/C(=C\c1nc2ccc(N(C)CCOC(=O)NCc3ccc(COc4nc(N)nc5c4N=CC5)cc3)cc2o1)c1nc2ccccc2o1. The second-order valence-electron chi connectivity index (χ2n) is 11.0. The number of nitrogens with one attached hydrogen (secondary N) is 1. The number of nitrogens with two attached hydrogens (primary N) is 1. The minimum Gasteiger partial charge on any atom is -0.471 e. The first-order valence-corrected chi connectivity index (χ1v) is 15.3. The van der Waals surface area contributed by atoms with Gasteiger partial charge in [-0.2, -0.15) is 4.98 Å².